The fourth-order valence-corrected chi connectivity index (χ4v) is 2.45. The smallest absolute Gasteiger partial charge is 0.335 e. The van der Waals surface area contributed by atoms with Crippen LogP contribution >= 0.6 is 0 Å². The normalized spacial score (nSPS) is 33.7. The average Bonchev–Trinajstić information content (AvgIpc) is 3.03. The van der Waals surface area contributed by atoms with Crippen LogP contribution in [0.1, 0.15) is 33.1 Å². The summed E-state index contributed by atoms with van der Waals surface area (Å²) in [6, 6.07) is 0. The molecule has 1 saturated carbocycles. The first-order chi connectivity index (χ1) is 8.55. The molecule has 0 radical (unpaired) electrons. The monoisotopic (exact) mass is 254 g/mol. The minimum absolute atomic E-state index is 0.124. The molecule has 2 fully saturated rings. The van der Waals surface area contributed by atoms with E-state index < -0.39 is 0 Å². The number of ether oxygens (including phenoxy) is 3. The number of carbonyl (C=O) groups is 1. The van der Waals surface area contributed by atoms with E-state index in [4.69, 9.17) is 14.2 Å². The van der Waals surface area contributed by atoms with Crippen LogP contribution in [-0.2, 0) is 19.0 Å². The molecule has 2 aliphatic rings. The molecule has 0 aromatic carbocycles. The summed E-state index contributed by atoms with van der Waals surface area (Å²) < 4.78 is 16.0. The lowest BCUT2D eigenvalue weighted by Gasteiger charge is -2.22. The maximum atomic E-state index is 11.6. The number of epoxide rings is 1. The fraction of sp³-hybridized carbons (Fsp3) is 0.786. The van der Waals surface area contributed by atoms with Crippen molar-refractivity contribution in [2.24, 2.45) is 5.92 Å². The molecule has 4 heteroatoms. The highest BCUT2D eigenvalue weighted by molar-refractivity contribution is 5.87. The van der Waals surface area contributed by atoms with Crippen molar-refractivity contribution in [3.05, 3.63) is 12.2 Å². The van der Waals surface area contributed by atoms with E-state index in [1.54, 1.807) is 0 Å². The van der Waals surface area contributed by atoms with Crippen molar-refractivity contribution >= 4 is 5.97 Å². The zero-order chi connectivity index (χ0) is 13.2. The molecule has 102 valence electrons. The molecule has 0 spiro atoms. The van der Waals surface area contributed by atoms with Gasteiger partial charge in [0.15, 0.2) is 0 Å². The van der Waals surface area contributed by atoms with Crippen LogP contribution in [0.15, 0.2) is 12.2 Å². The third-order valence-electron chi connectivity index (χ3n) is 3.85. The van der Waals surface area contributed by atoms with E-state index in [-0.39, 0.29) is 18.2 Å². The van der Waals surface area contributed by atoms with Crippen molar-refractivity contribution in [2.45, 2.75) is 44.8 Å². The van der Waals surface area contributed by atoms with Crippen LogP contribution in [0.3, 0.4) is 0 Å². The first kappa shape index (κ1) is 13.6. The molecule has 1 heterocycles. The molecule has 0 bridgehead atoms. The first-order valence-electron chi connectivity index (χ1n) is 6.65. The number of hydrogen-bond acceptors (Lipinski definition) is 4. The SMILES string of the molecule is C=C(COCC)C(=O)OCC1CCC2(C)OC2C1. The molecule has 0 aromatic heterocycles. The Morgan fingerprint density at radius 2 is 2.33 bits per heavy atom. The highest BCUT2D eigenvalue weighted by Crippen LogP contribution is 2.49. The van der Waals surface area contributed by atoms with Gasteiger partial charge in [0.1, 0.15) is 0 Å². The van der Waals surface area contributed by atoms with Crippen molar-refractivity contribution in [2.75, 3.05) is 19.8 Å². The second-order valence-corrected chi connectivity index (χ2v) is 5.40. The molecular formula is C14H22O4. The summed E-state index contributed by atoms with van der Waals surface area (Å²) in [6.45, 7) is 9.01. The van der Waals surface area contributed by atoms with Crippen molar-refractivity contribution in [3.8, 4) is 0 Å². The highest BCUT2D eigenvalue weighted by atomic mass is 16.6. The third kappa shape index (κ3) is 3.12. The Morgan fingerprint density at radius 1 is 1.56 bits per heavy atom. The van der Waals surface area contributed by atoms with Crippen LogP contribution in [0.2, 0.25) is 0 Å². The zero-order valence-electron chi connectivity index (χ0n) is 11.2. The number of esters is 1. The second-order valence-electron chi connectivity index (χ2n) is 5.40. The van der Waals surface area contributed by atoms with Gasteiger partial charge in [0.05, 0.1) is 30.5 Å². The molecule has 0 N–H and O–H groups in total. The van der Waals surface area contributed by atoms with Crippen molar-refractivity contribution < 1.29 is 19.0 Å². The summed E-state index contributed by atoms with van der Waals surface area (Å²) >= 11 is 0. The Balaban J connectivity index is 1.65. The minimum atomic E-state index is -0.339. The average molecular weight is 254 g/mol. The summed E-state index contributed by atoms with van der Waals surface area (Å²) in [7, 11) is 0. The predicted octanol–water partition coefficient (Wildman–Crippen LogP) is 2.08. The van der Waals surface area contributed by atoms with Crippen LogP contribution in [0.25, 0.3) is 0 Å². The number of carbonyl (C=O) groups excluding carboxylic acids is 1. The van der Waals surface area contributed by atoms with E-state index in [0.29, 0.717) is 30.8 Å². The summed E-state index contributed by atoms with van der Waals surface area (Å²) in [5.41, 5.74) is 0.513. The maximum Gasteiger partial charge on any atom is 0.335 e. The number of rotatable bonds is 6. The highest BCUT2D eigenvalue weighted by Gasteiger charge is 2.55. The molecule has 18 heavy (non-hydrogen) atoms. The van der Waals surface area contributed by atoms with Gasteiger partial charge in [0.2, 0.25) is 0 Å². The molecule has 0 aromatic rings. The van der Waals surface area contributed by atoms with Gasteiger partial charge in [0.25, 0.3) is 0 Å². The molecule has 0 amide bonds. The Bertz CT molecular complexity index is 339. The lowest BCUT2D eigenvalue weighted by molar-refractivity contribution is -0.141. The zero-order valence-corrected chi connectivity index (χ0v) is 11.2. The standard InChI is InChI=1S/C14H22O4/c1-4-16-8-10(2)13(15)17-9-11-5-6-14(3)12(7-11)18-14/h11-12H,2,4-9H2,1,3H3. The molecule has 4 nitrogen and oxygen atoms in total. The van der Waals surface area contributed by atoms with E-state index in [1.165, 1.54) is 0 Å². The Morgan fingerprint density at radius 3 is 3.00 bits per heavy atom. The topological polar surface area (TPSA) is 48.1 Å². The van der Waals surface area contributed by atoms with Gasteiger partial charge in [-0.3, -0.25) is 0 Å². The molecule has 3 atom stereocenters. The van der Waals surface area contributed by atoms with E-state index in [1.807, 2.05) is 6.92 Å². The lowest BCUT2D eigenvalue weighted by atomic mass is 9.83. The first-order valence-corrected chi connectivity index (χ1v) is 6.65. The van der Waals surface area contributed by atoms with Crippen molar-refractivity contribution in [1.29, 1.82) is 0 Å². The molecule has 2 rings (SSSR count). The van der Waals surface area contributed by atoms with Crippen LogP contribution in [0.4, 0.5) is 0 Å². The largest absolute Gasteiger partial charge is 0.462 e. The van der Waals surface area contributed by atoms with Crippen molar-refractivity contribution in [3.63, 3.8) is 0 Å². The van der Waals surface area contributed by atoms with Gasteiger partial charge in [0, 0.05) is 6.61 Å². The Labute approximate surface area is 108 Å². The van der Waals surface area contributed by atoms with E-state index in [0.717, 1.165) is 19.3 Å². The summed E-state index contributed by atoms with van der Waals surface area (Å²) in [5, 5.41) is 0. The summed E-state index contributed by atoms with van der Waals surface area (Å²) in [6.07, 6.45) is 3.52. The summed E-state index contributed by atoms with van der Waals surface area (Å²) in [5.74, 6) is 0.0860. The van der Waals surface area contributed by atoms with Crippen LogP contribution in [0.5, 0.6) is 0 Å². The molecule has 3 unspecified atom stereocenters. The molecular weight excluding hydrogens is 232 g/mol. The van der Waals surface area contributed by atoms with Gasteiger partial charge in [-0.1, -0.05) is 6.58 Å². The van der Waals surface area contributed by atoms with Crippen molar-refractivity contribution in [1.82, 2.24) is 0 Å². The Hall–Kier alpha value is -0.870. The van der Waals surface area contributed by atoms with Crippen LogP contribution < -0.4 is 0 Å². The molecule has 1 aliphatic carbocycles. The fourth-order valence-electron chi connectivity index (χ4n) is 2.45. The molecule has 1 saturated heterocycles. The van der Waals surface area contributed by atoms with Gasteiger partial charge >= 0.3 is 5.97 Å². The van der Waals surface area contributed by atoms with Gasteiger partial charge in [-0.05, 0) is 39.0 Å². The van der Waals surface area contributed by atoms with Crippen LogP contribution in [-0.4, -0.2) is 37.5 Å². The van der Waals surface area contributed by atoms with E-state index >= 15 is 0 Å². The molecule has 1 aliphatic heterocycles. The number of hydrogen-bond donors (Lipinski definition) is 0. The predicted molar refractivity (Wildman–Crippen MR) is 67.2 cm³/mol. The summed E-state index contributed by atoms with van der Waals surface area (Å²) in [4.78, 5) is 11.6. The third-order valence-corrected chi connectivity index (χ3v) is 3.85. The second kappa shape index (κ2) is 5.41. The Kier molecular flexibility index (Phi) is 4.07. The quantitative estimate of drug-likeness (QED) is 0.413. The van der Waals surface area contributed by atoms with Gasteiger partial charge < -0.3 is 14.2 Å². The lowest BCUT2D eigenvalue weighted by Crippen LogP contribution is -2.25. The van der Waals surface area contributed by atoms with Gasteiger partial charge in [-0.25, -0.2) is 4.79 Å². The van der Waals surface area contributed by atoms with Gasteiger partial charge in [-0.15, -0.1) is 0 Å². The number of fused-ring (bicyclic) bond motifs is 1. The minimum Gasteiger partial charge on any atom is -0.462 e. The van der Waals surface area contributed by atoms with E-state index in [2.05, 4.69) is 13.5 Å². The van der Waals surface area contributed by atoms with Gasteiger partial charge in [-0.2, -0.15) is 0 Å². The van der Waals surface area contributed by atoms with E-state index in [9.17, 15) is 4.79 Å². The maximum absolute atomic E-state index is 11.6. The van der Waals surface area contributed by atoms with Crippen LogP contribution in [0, 0.1) is 5.92 Å².